The molecule has 0 radical (unpaired) electrons. The SMILES string of the molecule is CC(Oc1cccc(CC(=O)O)c1)C(=O)NC1CCCC1. The lowest BCUT2D eigenvalue weighted by molar-refractivity contribution is -0.136. The quantitative estimate of drug-likeness (QED) is 0.842. The first-order valence-electron chi connectivity index (χ1n) is 7.32. The first-order chi connectivity index (χ1) is 10.0. The highest BCUT2D eigenvalue weighted by molar-refractivity contribution is 5.81. The van der Waals surface area contributed by atoms with E-state index in [4.69, 9.17) is 9.84 Å². The Morgan fingerprint density at radius 2 is 2.10 bits per heavy atom. The number of nitrogens with one attached hydrogen (secondary N) is 1. The van der Waals surface area contributed by atoms with Gasteiger partial charge < -0.3 is 15.2 Å². The van der Waals surface area contributed by atoms with Gasteiger partial charge in [-0.1, -0.05) is 25.0 Å². The van der Waals surface area contributed by atoms with Gasteiger partial charge in [0.1, 0.15) is 5.75 Å². The van der Waals surface area contributed by atoms with E-state index in [2.05, 4.69) is 5.32 Å². The summed E-state index contributed by atoms with van der Waals surface area (Å²) in [5, 5.41) is 11.8. The molecular weight excluding hydrogens is 270 g/mol. The van der Waals surface area contributed by atoms with Crippen LogP contribution in [0, 0.1) is 0 Å². The number of hydrogen-bond donors (Lipinski definition) is 2. The minimum Gasteiger partial charge on any atom is -0.481 e. The average Bonchev–Trinajstić information content (AvgIpc) is 2.91. The van der Waals surface area contributed by atoms with Crippen LogP contribution in [0.5, 0.6) is 5.75 Å². The molecule has 2 N–H and O–H groups in total. The number of benzene rings is 1. The van der Waals surface area contributed by atoms with Gasteiger partial charge >= 0.3 is 5.97 Å². The molecule has 1 fully saturated rings. The van der Waals surface area contributed by atoms with Crippen LogP contribution in [0.15, 0.2) is 24.3 Å². The molecule has 0 aliphatic heterocycles. The molecule has 1 amide bonds. The molecule has 1 unspecified atom stereocenters. The van der Waals surface area contributed by atoms with Crippen LogP contribution in [0.2, 0.25) is 0 Å². The summed E-state index contributed by atoms with van der Waals surface area (Å²) in [6.45, 7) is 1.70. The van der Waals surface area contributed by atoms with Crippen molar-refractivity contribution < 1.29 is 19.4 Å². The first-order valence-corrected chi connectivity index (χ1v) is 7.32. The van der Waals surface area contributed by atoms with Gasteiger partial charge in [0.2, 0.25) is 0 Å². The van der Waals surface area contributed by atoms with Crippen molar-refractivity contribution in [3.8, 4) is 5.75 Å². The minimum atomic E-state index is -0.890. The first kappa shape index (κ1) is 15.4. The van der Waals surface area contributed by atoms with Crippen LogP contribution >= 0.6 is 0 Å². The van der Waals surface area contributed by atoms with Crippen molar-refractivity contribution in [3.63, 3.8) is 0 Å². The molecular formula is C16H21NO4. The number of amides is 1. The number of carboxylic acid groups (broad SMARTS) is 1. The lowest BCUT2D eigenvalue weighted by Crippen LogP contribution is -2.41. The smallest absolute Gasteiger partial charge is 0.307 e. The van der Waals surface area contributed by atoms with Crippen molar-refractivity contribution in [3.05, 3.63) is 29.8 Å². The fraction of sp³-hybridized carbons (Fsp3) is 0.500. The maximum absolute atomic E-state index is 12.0. The van der Waals surface area contributed by atoms with Crippen LogP contribution < -0.4 is 10.1 Å². The van der Waals surface area contributed by atoms with E-state index >= 15 is 0 Å². The molecule has 0 bridgehead atoms. The Kier molecular flexibility index (Phi) is 5.20. The van der Waals surface area contributed by atoms with Crippen LogP contribution in [0.3, 0.4) is 0 Å². The largest absolute Gasteiger partial charge is 0.481 e. The van der Waals surface area contributed by atoms with Crippen molar-refractivity contribution in [2.75, 3.05) is 0 Å². The molecule has 0 heterocycles. The standard InChI is InChI=1S/C16H21NO4/c1-11(16(20)17-13-6-2-3-7-13)21-14-8-4-5-12(9-14)10-15(18)19/h4-5,8-9,11,13H,2-3,6-7,10H2,1H3,(H,17,20)(H,18,19). The number of hydrogen-bond acceptors (Lipinski definition) is 3. The Morgan fingerprint density at radius 1 is 1.38 bits per heavy atom. The number of carbonyl (C=O) groups excluding carboxylic acids is 1. The number of rotatable bonds is 6. The molecule has 5 heteroatoms. The van der Waals surface area contributed by atoms with E-state index in [0.717, 1.165) is 25.7 Å². The molecule has 1 saturated carbocycles. The van der Waals surface area contributed by atoms with Gasteiger partial charge in [0.15, 0.2) is 6.10 Å². The van der Waals surface area contributed by atoms with Gasteiger partial charge in [-0.2, -0.15) is 0 Å². The van der Waals surface area contributed by atoms with Gasteiger partial charge in [-0.05, 0) is 37.5 Å². The van der Waals surface area contributed by atoms with E-state index in [1.165, 1.54) is 0 Å². The molecule has 0 saturated heterocycles. The molecule has 1 aromatic rings. The second-order valence-corrected chi connectivity index (χ2v) is 5.47. The van der Waals surface area contributed by atoms with Crippen molar-refractivity contribution in [1.82, 2.24) is 5.32 Å². The summed E-state index contributed by atoms with van der Waals surface area (Å²) in [6, 6.07) is 7.11. The van der Waals surface area contributed by atoms with Gasteiger partial charge in [0, 0.05) is 6.04 Å². The highest BCUT2D eigenvalue weighted by atomic mass is 16.5. The van der Waals surface area contributed by atoms with E-state index in [-0.39, 0.29) is 18.4 Å². The molecule has 2 rings (SSSR count). The highest BCUT2D eigenvalue weighted by Crippen LogP contribution is 2.19. The van der Waals surface area contributed by atoms with Crippen LogP contribution in [0.4, 0.5) is 0 Å². The summed E-state index contributed by atoms with van der Waals surface area (Å²) in [7, 11) is 0. The fourth-order valence-corrected chi connectivity index (χ4v) is 2.55. The Morgan fingerprint density at radius 3 is 2.76 bits per heavy atom. The summed E-state index contributed by atoms with van der Waals surface area (Å²) in [5.74, 6) is -0.493. The van der Waals surface area contributed by atoms with Gasteiger partial charge in [-0.25, -0.2) is 0 Å². The van der Waals surface area contributed by atoms with Crippen LogP contribution in [-0.2, 0) is 16.0 Å². The van der Waals surface area contributed by atoms with E-state index in [1.54, 1.807) is 31.2 Å². The number of carboxylic acids is 1. The van der Waals surface area contributed by atoms with E-state index in [1.807, 2.05) is 0 Å². The van der Waals surface area contributed by atoms with Crippen molar-refractivity contribution >= 4 is 11.9 Å². The van der Waals surface area contributed by atoms with Crippen molar-refractivity contribution in [2.45, 2.75) is 51.2 Å². The molecule has 0 aromatic heterocycles. The molecule has 5 nitrogen and oxygen atoms in total. The predicted molar refractivity (Wildman–Crippen MR) is 78.3 cm³/mol. The fourth-order valence-electron chi connectivity index (χ4n) is 2.55. The lowest BCUT2D eigenvalue weighted by atomic mass is 10.1. The zero-order valence-electron chi connectivity index (χ0n) is 12.2. The highest BCUT2D eigenvalue weighted by Gasteiger charge is 2.21. The third kappa shape index (κ3) is 4.77. The average molecular weight is 291 g/mol. The zero-order valence-corrected chi connectivity index (χ0v) is 12.2. The van der Waals surface area contributed by atoms with Crippen LogP contribution in [0.25, 0.3) is 0 Å². The third-order valence-electron chi connectivity index (χ3n) is 3.64. The topological polar surface area (TPSA) is 75.6 Å². The van der Waals surface area contributed by atoms with Gasteiger partial charge in [0.25, 0.3) is 5.91 Å². The summed E-state index contributed by atoms with van der Waals surface area (Å²) in [4.78, 5) is 22.7. The third-order valence-corrected chi connectivity index (χ3v) is 3.64. The van der Waals surface area contributed by atoms with E-state index in [0.29, 0.717) is 11.3 Å². The van der Waals surface area contributed by atoms with Crippen LogP contribution in [0.1, 0.15) is 38.2 Å². The number of carbonyl (C=O) groups is 2. The Labute approximate surface area is 124 Å². The van der Waals surface area contributed by atoms with Crippen molar-refractivity contribution in [2.24, 2.45) is 0 Å². The van der Waals surface area contributed by atoms with Crippen LogP contribution in [-0.4, -0.2) is 29.1 Å². The maximum atomic E-state index is 12.0. The Hall–Kier alpha value is -2.04. The summed E-state index contributed by atoms with van der Waals surface area (Å²) < 4.78 is 5.60. The summed E-state index contributed by atoms with van der Waals surface area (Å²) in [6.07, 6.45) is 3.75. The monoisotopic (exact) mass is 291 g/mol. The molecule has 1 aliphatic rings. The van der Waals surface area contributed by atoms with Gasteiger partial charge in [0.05, 0.1) is 6.42 Å². The molecule has 1 atom stereocenters. The second kappa shape index (κ2) is 7.11. The molecule has 1 aromatic carbocycles. The van der Waals surface area contributed by atoms with E-state index in [9.17, 15) is 9.59 Å². The molecule has 0 spiro atoms. The second-order valence-electron chi connectivity index (χ2n) is 5.47. The summed E-state index contributed by atoms with van der Waals surface area (Å²) >= 11 is 0. The zero-order chi connectivity index (χ0) is 15.2. The lowest BCUT2D eigenvalue weighted by Gasteiger charge is -2.18. The predicted octanol–water partition coefficient (Wildman–Crippen LogP) is 2.14. The minimum absolute atomic E-state index is 0.0557. The Bertz CT molecular complexity index is 509. The number of aliphatic carboxylic acids is 1. The maximum Gasteiger partial charge on any atom is 0.307 e. The van der Waals surface area contributed by atoms with Gasteiger partial charge in [-0.15, -0.1) is 0 Å². The van der Waals surface area contributed by atoms with Crippen molar-refractivity contribution in [1.29, 1.82) is 0 Å². The summed E-state index contributed by atoms with van der Waals surface area (Å²) in [5.41, 5.74) is 0.656. The molecule has 21 heavy (non-hydrogen) atoms. The van der Waals surface area contributed by atoms with E-state index < -0.39 is 12.1 Å². The molecule has 1 aliphatic carbocycles. The molecule has 114 valence electrons. The number of ether oxygens (including phenoxy) is 1. The van der Waals surface area contributed by atoms with Gasteiger partial charge in [-0.3, -0.25) is 9.59 Å². The normalized spacial score (nSPS) is 16.4. The Balaban J connectivity index is 1.90.